The summed E-state index contributed by atoms with van der Waals surface area (Å²) < 4.78 is 2.75. The Morgan fingerprint density at radius 1 is 1.22 bits per heavy atom. The summed E-state index contributed by atoms with van der Waals surface area (Å²) in [5.74, 6) is -0.178. The maximum absolute atomic E-state index is 11.9. The second kappa shape index (κ2) is 6.12. The molecule has 3 nitrogen and oxygen atoms in total. The van der Waals surface area contributed by atoms with Gasteiger partial charge in [0.25, 0.3) is 5.91 Å². The molecule has 0 aliphatic carbocycles. The third kappa shape index (κ3) is 3.52. The Labute approximate surface area is 135 Å². The van der Waals surface area contributed by atoms with Crippen molar-refractivity contribution in [2.45, 2.75) is 0 Å². The zero-order valence-electron chi connectivity index (χ0n) is 8.95. The van der Waals surface area contributed by atoms with Crippen molar-refractivity contribution < 1.29 is 4.79 Å². The number of nitrogens with one attached hydrogen (secondary N) is 1. The fourth-order valence-electron chi connectivity index (χ4n) is 1.29. The molecule has 1 aromatic heterocycles. The zero-order chi connectivity index (χ0) is 13.1. The van der Waals surface area contributed by atoms with Crippen molar-refractivity contribution in [3.63, 3.8) is 0 Å². The SMILES string of the molecule is O=C(Nc1ccc(I)c(Br)c1)c1ccc(Br)nc1. The number of rotatable bonds is 2. The molecule has 0 radical (unpaired) electrons. The Kier molecular flexibility index (Phi) is 4.74. The Morgan fingerprint density at radius 3 is 2.61 bits per heavy atom. The number of carbonyl (C=O) groups excluding carboxylic acids is 1. The molecular formula is C12H7Br2IN2O. The van der Waals surface area contributed by atoms with Gasteiger partial charge in [0.15, 0.2) is 0 Å². The molecule has 0 saturated heterocycles. The first-order valence-corrected chi connectivity index (χ1v) is 7.61. The minimum Gasteiger partial charge on any atom is -0.322 e. The minimum absolute atomic E-state index is 0.178. The van der Waals surface area contributed by atoms with E-state index in [0.29, 0.717) is 10.2 Å². The van der Waals surface area contributed by atoms with Crippen LogP contribution in [0.2, 0.25) is 0 Å². The van der Waals surface area contributed by atoms with Gasteiger partial charge in [0.2, 0.25) is 0 Å². The fraction of sp³-hybridized carbons (Fsp3) is 0. The number of benzene rings is 1. The number of nitrogens with zero attached hydrogens (tertiary/aromatic N) is 1. The van der Waals surface area contributed by atoms with Crippen LogP contribution in [-0.2, 0) is 0 Å². The third-order valence-corrected chi connectivity index (χ3v) is 4.97. The molecule has 92 valence electrons. The van der Waals surface area contributed by atoms with E-state index in [-0.39, 0.29) is 5.91 Å². The van der Waals surface area contributed by atoms with Crippen LogP contribution in [0.3, 0.4) is 0 Å². The molecule has 18 heavy (non-hydrogen) atoms. The van der Waals surface area contributed by atoms with Crippen molar-refractivity contribution in [3.8, 4) is 0 Å². The molecule has 0 atom stereocenters. The van der Waals surface area contributed by atoms with Crippen LogP contribution in [0, 0.1) is 3.57 Å². The van der Waals surface area contributed by atoms with E-state index >= 15 is 0 Å². The first-order chi connectivity index (χ1) is 8.56. The molecule has 2 rings (SSSR count). The maximum Gasteiger partial charge on any atom is 0.257 e. The number of amides is 1. The molecule has 0 unspecified atom stereocenters. The van der Waals surface area contributed by atoms with Crippen molar-refractivity contribution >= 4 is 66.0 Å². The normalized spacial score (nSPS) is 10.2. The van der Waals surface area contributed by atoms with Gasteiger partial charge in [0, 0.05) is 19.9 Å². The molecule has 2 aromatic rings. The number of anilines is 1. The van der Waals surface area contributed by atoms with Crippen LogP contribution in [0.15, 0.2) is 45.6 Å². The average molecular weight is 482 g/mol. The van der Waals surface area contributed by atoms with Gasteiger partial charge >= 0.3 is 0 Å². The summed E-state index contributed by atoms with van der Waals surface area (Å²) >= 11 is 8.87. The molecule has 6 heteroatoms. The first kappa shape index (κ1) is 14.0. The average Bonchev–Trinajstić information content (AvgIpc) is 2.34. The molecule has 1 amide bonds. The molecule has 0 bridgehead atoms. The number of carbonyl (C=O) groups is 1. The Morgan fingerprint density at radius 2 is 2.00 bits per heavy atom. The Hall–Kier alpha value is -0.470. The van der Waals surface area contributed by atoms with Gasteiger partial charge in [-0.1, -0.05) is 0 Å². The van der Waals surface area contributed by atoms with Gasteiger partial charge in [-0.2, -0.15) is 0 Å². The number of halogens is 3. The minimum atomic E-state index is -0.178. The summed E-state index contributed by atoms with van der Waals surface area (Å²) in [7, 11) is 0. The molecule has 1 N–H and O–H groups in total. The number of pyridine rings is 1. The van der Waals surface area contributed by atoms with E-state index in [9.17, 15) is 4.79 Å². The van der Waals surface area contributed by atoms with Crippen LogP contribution in [0.25, 0.3) is 0 Å². The second-order valence-electron chi connectivity index (χ2n) is 3.45. The van der Waals surface area contributed by atoms with Crippen molar-refractivity contribution in [1.29, 1.82) is 0 Å². The summed E-state index contributed by atoms with van der Waals surface area (Å²) in [5.41, 5.74) is 1.27. The highest BCUT2D eigenvalue weighted by Gasteiger charge is 2.07. The number of hydrogen-bond donors (Lipinski definition) is 1. The second-order valence-corrected chi connectivity index (χ2v) is 6.28. The number of aromatic nitrogens is 1. The van der Waals surface area contributed by atoms with Crippen LogP contribution in [0.4, 0.5) is 5.69 Å². The largest absolute Gasteiger partial charge is 0.322 e. The van der Waals surface area contributed by atoms with Gasteiger partial charge in [-0.05, 0) is 84.8 Å². The summed E-state index contributed by atoms with van der Waals surface area (Å²) in [6.45, 7) is 0. The van der Waals surface area contributed by atoms with Crippen LogP contribution in [0.1, 0.15) is 10.4 Å². The summed E-state index contributed by atoms with van der Waals surface area (Å²) in [6.07, 6.45) is 1.53. The highest BCUT2D eigenvalue weighted by atomic mass is 127. The monoisotopic (exact) mass is 480 g/mol. The molecule has 1 aromatic carbocycles. The van der Waals surface area contributed by atoms with E-state index < -0.39 is 0 Å². The summed E-state index contributed by atoms with van der Waals surface area (Å²) in [5, 5.41) is 2.82. The molecule has 0 aliphatic heterocycles. The van der Waals surface area contributed by atoms with Crippen molar-refractivity contribution in [3.05, 3.63) is 54.7 Å². The van der Waals surface area contributed by atoms with E-state index in [1.165, 1.54) is 6.20 Å². The predicted octanol–water partition coefficient (Wildman–Crippen LogP) is 4.46. The van der Waals surface area contributed by atoms with Crippen LogP contribution < -0.4 is 5.32 Å². The van der Waals surface area contributed by atoms with Crippen molar-refractivity contribution in [2.24, 2.45) is 0 Å². The number of hydrogen-bond acceptors (Lipinski definition) is 2. The smallest absolute Gasteiger partial charge is 0.257 e. The molecule has 1 heterocycles. The topological polar surface area (TPSA) is 42.0 Å². The molecule has 0 spiro atoms. The highest BCUT2D eigenvalue weighted by molar-refractivity contribution is 14.1. The molecule has 0 aliphatic rings. The van der Waals surface area contributed by atoms with Crippen molar-refractivity contribution in [2.75, 3.05) is 5.32 Å². The Bertz CT molecular complexity index is 587. The van der Waals surface area contributed by atoms with Gasteiger partial charge in [0.05, 0.1) is 5.56 Å². The quantitative estimate of drug-likeness (QED) is 0.508. The fourth-order valence-corrected chi connectivity index (χ4v) is 2.24. The summed E-state index contributed by atoms with van der Waals surface area (Å²) in [4.78, 5) is 16.0. The zero-order valence-corrected chi connectivity index (χ0v) is 14.3. The molecule has 0 fully saturated rings. The summed E-state index contributed by atoms with van der Waals surface area (Å²) in [6, 6.07) is 9.11. The van der Waals surface area contributed by atoms with Gasteiger partial charge in [-0.3, -0.25) is 4.79 Å². The lowest BCUT2D eigenvalue weighted by molar-refractivity contribution is 0.102. The van der Waals surface area contributed by atoms with Crippen LogP contribution >= 0.6 is 54.5 Å². The van der Waals surface area contributed by atoms with Gasteiger partial charge in [0.1, 0.15) is 4.60 Å². The predicted molar refractivity (Wildman–Crippen MR) is 86.7 cm³/mol. The highest BCUT2D eigenvalue weighted by Crippen LogP contribution is 2.23. The van der Waals surface area contributed by atoms with Crippen LogP contribution in [-0.4, -0.2) is 10.9 Å². The lowest BCUT2D eigenvalue weighted by Gasteiger charge is -2.06. The van der Waals surface area contributed by atoms with Gasteiger partial charge < -0.3 is 5.32 Å². The van der Waals surface area contributed by atoms with E-state index in [4.69, 9.17) is 0 Å². The Balaban J connectivity index is 2.16. The molecule has 0 saturated carbocycles. The van der Waals surface area contributed by atoms with E-state index in [1.807, 2.05) is 18.2 Å². The third-order valence-electron chi connectivity index (χ3n) is 2.17. The lowest BCUT2D eigenvalue weighted by Crippen LogP contribution is -2.12. The van der Waals surface area contributed by atoms with Gasteiger partial charge in [-0.25, -0.2) is 4.98 Å². The van der Waals surface area contributed by atoms with Crippen LogP contribution in [0.5, 0.6) is 0 Å². The van der Waals surface area contributed by atoms with E-state index in [2.05, 4.69) is 64.8 Å². The standard InChI is InChI=1S/C12H7Br2IN2O/c13-9-5-8(2-3-10(9)15)17-12(18)7-1-4-11(14)16-6-7/h1-6H,(H,17,18). The van der Waals surface area contributed by atoms with Gasteiger partial charge in [-0.15, -0.1) is 0 Å². The van der Waals surface area contributed by atoms with Crippen molar-refractivity contribution in [1.82, 2.24) is 4.98 Å². The first-order valence-electron chi connectivity index (χ1n) is 4.94. The molecular weight excluding hydrogens is 475 g/mol. The lowest BCUT2D eigenvalue weighted by atomic mass is 10.2. The van der Waals surface area contributed by atoms with E-state index in [1.54, 1.807) is 12.1 Å². The maximum atomic E-state index is 11.9. The van der Waals surface area contributed by atoms with E-state index in [0.717, 1.165) is 13.7 Å².